The van der Waals surface area contributed by atoms with Gasteiger partial charge in [-0.25, -0.2) is 4.98 Å². The number of fused-ring (bicyclic) bond motifs is 1. The standard InChI is InChI=1S/C15H15N3O/c1-18-14-12(4-3-5-13(14)19-2)17-15(18)10-6-8-11(16)9-7-10/h3-9H,16H2,1-2H3. The summed E-state index contributed by atoms with van der Waals surface area (Å²) in [6, 6.07) is 13.6. The third-order valence-corrected chi connectivity index (χ3v) is 3.25. The summed E-state index contributed by atoms with van der Waals surface area (Å²) in [5.74, 6) is 1.73. The Balaban J connectivity index is 2.25. The van der Waals surface area contributed by atoms with Crippen LogP contribution in [0.2, 0.25) is 0 Å². The first-order valence-corrected chi connectivity index (χ1v) is 6.06. The molecule has 0 fully saturated rings. The summed E-state index contributed by atoms with van der Waals surface area (Å²) in [5.41, 5.74) is 9.43. The van der Waals surface area contributed by atoms with E-state index < -0.39 is 0 Å². The summed E-state index contributed by atoms with van der Waals surface area (Å²) in [6.45, 7) is 0. The third-order valence-electron chi connectivity index (χ3n) is 3.25. The molecule has 3 aromatic rings. The maximum absolute atomic E-state index is 5.72. The first-order valence-electron chi connectivity index (χ1n) is 6.06. The number of benzene rings is 2. The predicted molar refractivity (Wildman–Crippen MR) is 77.1 cm³/mol. The number of ether oxygens (including phenoxy) is 1. The van der Waals surface area contributed by atoms with E-state index in [4.69, 9.17) is 10.5 Å². The minimum Gasteiger partial charge on any atom is -0.494 e. The Bertz CT molecular complexity index is 729. The van der Waals surface area contributed by atoms with Crippen LogP contribution in [0, 0.1) is 0 Å². The molecule has 0 aliphatic heterocycles. The van der Waals surface area contributed by atoms with Crippen LogP contribution in [0.1, 0.15) is 0 Å². The average Bonchev–Trinajstić information content (AvgIpc) is 2.77. The first kappa shape index (κ1) is 11.6. The van der Waals surface area contributed by atoms with Crippen LogP contribution in [0.3, 0.4) is 0 Å². The van der Waals surface area contributed by atoms with E-state index in [-0.39, 0.29) is 0 Å². The lowest BCUT2D eigenvalue weighted by atomic mass is 10.2. The fourth-order valence-electron chi connectivity index (χ4n) is 2.29. The number of hydrogen-bond donors (Lipinski definition) is 1. The quantitative estimate of drug-likeness (QED) is 0.714. The zero-order valence-electron chi connectivity index (χ0n) is 10.9. The second kappa shape index (κ2) is 4.31. The van der Waals surface area contributed by atoms with Crippen LogP contribution < -0.4 is 10.5 Å². The van der Waals surface area contributed by atoms with Crippen LogP contribution in [0.5, 0.6) is 5.75 Å². The normalized spacial score (nSPS) is 10.8. The monoisotopic (exact) mass is 253 g/mol. The zero-order chi connectivity index (χ0) is 13.4. The summed E-state index contributed by atoms with van der Waals surface area (Å²) in [4.78, 5) is 4.66. The second-order valence-corrected chi connectivity index (χ2v) is 4.44. The van der Waals surface area contributed by atoms with Crippen molar-refractivity contribution in [1.82, 2.24) is 9.55 Å². The zero-order valence-corrected chi connectivity index (χ0v) is 10.9. The number of rotatable bonds is 2. The molecule has 0 saturated carbocycles. The Labute approximate surface area is 111 Å². The van der Waals surface area contributed by atoms with Gasteiger partial charge in [-0.05, 0) is 36.4 Å². The summed E-state index contributed by atoms with van der Waals surface area (Å²) in [5, 5.41) is 0. The topological polar surface area (TPSA) is 53.1 Å². The van der Waals surface area contributed by atoms with Gasteiger partial charge < -0.3 is 15.0 Å². The van der Waals surface area contributed by atoms with Crippen LogP contribution in [-0.4, -0.2) is 16.7 Å². The molecule has 0 bridgehead atoms. The van der Waals surface area contributed by atoms with E-state index in [0.717, 1.165) is 33.9 Å². The highest BCUT2D eigenvalue weighted by atomic mass is 16.5. The molecule has 4 heteroatoms. The minimum absolute atomic E-state index is 0.750. The highest BCUT2D eigenvalue weighted by molar-refractivity contribution is 5.86. The van der Waals surface area contributed by atoms with Gasteiger partial charge in [-0.2, -0.15) is 0 Å². The molecule has 0 spiro atoms. The number of aromatic nitrogens is 2. The summed E-state index contributed by atoms with van der Waals surface area (Å²) < 4.78 is 7.44. The molecule has 0 aliphatic carbocycles. The van der Waals surface area contributed by atoms with E-state index in [1.807, 2.05) is 54.1 Å². The number of aryl methyl sites for hydroxylation is 1. The van der Waals surface area contributed by atoms with E-state index in [2.05, 4.69) is 4.98 Å². The van der Waals surface area contributed by atoms with E-state index in [9.17, 15) is 0 Å². The van der Waals surface area contributed by atoms with Crippen LogP contribution in [0.25, 0.3) is 22.4 Å². The van der Waals surface area contributed by atoms with Crippen molar-refractivity contribution < 1.29 is 4.74 Å². The van der Waals surface area contributed by atoms with Gasteiger partial charge in [0.15, 0.2) is 0 Å². The molecule has 0 unspecified atom stereocenters. The fraction of sp³-hybridized carbons (Fsp3) is 0.133. The maximum Gasteiger partial charge on any atom is 0.144 e. The molecule has 2 aromatic carbocycles. The molecule has 0 atom stereocenters. The fourth-order valence-corrected chi connectivity index (χ4v) is 2.29. The third kappa shape index (κ3) is 1.81. The van der Waals surface area contributed by atoms with Crippen molar-refractivity contribution in [3.63, 3.8) is 0 Å². The lowest BCUT2D eigenvalue weighted by Gasteiger charge is -2.05. The Morgan fingerprint density at radius 1 is 1.11 bits per heavy atom. The Hall–Kier alpha value is -2.49. The summed E-state index contributed by atoms with van der Waals surface area (Å²) in [7, 11) is 3.66. The van der Waals surface area contributed by atoms with Crippen molar-refractivity contribution in [3.05, 3.63) is 42.5 Å². The van der Waals surface area contributed by atoms with Crippen LogP contribution >= 0.6 is 0 Å². The van der Waals surface area contributed by atoms with Gasteiger partial charge in [-0.15, -0.1) is 0 Å². The van der Waals surface area contributed by atoms with Gasteiger partial charge in [-0.1, -0.05) is 6.07 Å². The minimum atomic E-state index is 0.750. The number of nitrogens with two attached hydrogens (primary N) is 1. The predicted octanol–water partition coefficient (Wildman–Crippen LogP) is 2.83. The molecular weight excluding hydrogens is 238 g/mol. The molecule has 0 radical (unpaired) electrons. The van der Waals surface area contributed by atoms with Crippen molar-refractivity contribution in [2.45, 2.75) is 0 Å². The number of imidazole rings is 1. The Kier molecular flexibility index (Phi) is 2.63. The van der Waals surface area contributed by atoms with Crippen molar-refractivity contribution in [1.29, 1.82) is 0 Å². The van der Waals surface area contributed by atoms with Crippen molar-refractivity contribution >= 4 is 16.7 Å². The summed E-state index contributed by atoms with van der Waals surface area (Å²) >= 11 is 0. The molecular formula is C15H15N3O. The molecule has 96 valence electrons. The van der Waals surface area contributed by atoms with Gasteiger partial charge in [0.2, 0.25) is 0 Å². The molecule has 19 heavy (non-hydrogen) atoms. The number of anilines is 1. The molecule has 0 aliphatic rings. The highest BCUT2D eigenvalue weighted by Crippen LogP contribution is 2.30. The van der Waals surface area contributed by atoms with Gasteiger partial charge >= 0.3 is 0 Å². The number of hydrogen-bond acceptors (Lipinski definition) is 3. The lowest BCUT2D eigenvalue weighted by Crippen LogP contribution is -1.94. The molecule has 2 N–H and O–H groups in total. The van der Waals surface area contributed by atoms with E-state index in [1.165, 1.54) is 0 Å². The molecule has 3 rings (SSSR count). The van der Waals surface area contributed by atoms with Crippen LogP contribution in [-0.2, 0) is 7.05 Å². The molecule has 4 nitrogen and oxygen atoms in total. The van der Waals surface area contributed by atoms with Gasteiger partial charge in [0.05, 0.1) is 12.6 Å². The molecule has 1 aromatic heterocycles. The van der Waals surface area contributed by atoms with E-state index >= 15 is 0 Å². The van der Waals surface area contributed by atoms with Gasteiger partial charge in [0, 0.05) is 18.3 Å². The number of methoxy groups -OCH3 is 1. The lowest BCUT2D eigenvalue weighted by molar-refractivity contribution is 0.418. The van der Waals surface area contributed by atoms with Gasteiger partial charge in [0.1, 0.15) is 17.1 Å². The molecule has 0 saturated heterocycles. The van der Waals surface area contributed by atoms with Crippen molar-refractivity contribution in [2.24, 2.45) is 7.05 Å². The van der Waals surface area contributed by atoms with E-state index in [0.29, 0.717) is 0 Å². The maximum atomic E-state index is 5.72. The number of para-hydroxylation sites is 1. The van der Waals surface area contributed by atoms with Crippen molar-refractivity contribution in [2.75, 3.05) is 12.8 Å². The largest absolute Gasteiger partial charge is 0.494 e. The summed E-state index contributed by atoms with van der Waals surface area (Å²) in [6.07, 6.45) is 0. The SMILES string of the molecule is COc1cccc2nc(-c3ccc(N)cc3)n(C)c12. The second-order valence-electron chi connectivity index (χ2n) is 4.44. The Morgan fingerprint density at radius 2 is 1.84 bits per heavy atom. The average molecular weight is 253 g/mol. The Morgan fingerprint density at radius 3 is 2.53 bits per heavy atom. The number of nitrogen functional groups attached to an aromatic ring is 1. The molecule has 0 amide bonds. The highest BCUT2D eigenvalue weighted by Gasteiger charge is 2.12. The van der Waals surface area contributed by atoms with Gasteiger partial charge in [-0.3, -0.25) is 0 Å². The van der Waals surface area contributed by atoms with Crippen LogP contribution in [0.15, 0.2) is 42.5 Å². The smallest absolute Gasteiger partial charge is 0.144 e. The first-order chi connectivity index (χ1) is 9.20. The molecule has 1 heterocycles. The van der Waals surface area contributed by atoms with Crippen LogP contribution in [0.4, 0.5) is 5.69 Å². The van der Waals surface area contributed by atoms with Gasteiger partial charge in [0.25, 0.3) is 0 Å². The van der Waals surface area contributed by atoms with E-state index in [1.54, 1.807) is 7.11 Å². The number of nitrogens with zero attached hydrogens (tertiary/aromatic N) is 2. The van der Waals surface area contributed by atoms with Crippen molar-refractivity contribution in [3.8, 4) is 17.1 Å².